The highest BCUT2D eigenvalue weighted by Gasteiger charge is 2.33. The topological polar surface area (TPSA) is 55.8 Å². The zero-order valence-corrected chi connectivity index (χ0v) is 20.0. The van der Waals surface area contributed by atoms with Gasteiger partial charge in [0.25, 0.3) is 11.1 Å². The molecule has 0 aromatic heterocycles. The highest BCUT2D eigenvalue weighted by molar-refractivity contribution is 14.1. The number of amides is 2. The molecule has 5 nitrogen and oxygen atoms in total. The summed E-state index contributed by atoms with van der Waals surface area (Å²) in [5.41, 5.74) is 1.87. The fourth-order valence-electron chi connectivity index (χ4n) is 3.46. The molecule has 0 saturated carbocycles. The number of hydrogen-bond acceptors (Lipinski definition) is 5. The Morgan fingerprint density at radius 2 is 1.87 bits per heavy atom. The second kappa shape index (κ2) is 9.32. The first-order valence-electron chi connectivity index (χ1n) is 9.74. The quantitative estimate of drug-likeness (QED) is 0.277. The highest BCUT2D eigenvalue weighted by atomic mass is 127. The van der Waals surface area contributed by atoms with Gasteiger partial charge in [0.1, 0.15) is 6.61 Å². The van der Waals surface area contributed by atoms with Gasteiger partial charge < -0.3 is 9.47 Å². The minimum atomic E-state index is -0.261. The summed E-state index contributed by atoms with van der Waals surface area (Å²) in [6, 6.07) is 18.1. The number of carbonyl (C=O) groups is 2. The molecule has 158 valence electrons. The van der Waals surface area contributed by atoms with Crippen LogP contribution in [0, 0.1) is 3.57 Å². The van der Waals surface area contributed by atoms with E-state index in [4.69, 9.17) is 9.47 Å². The van der Waals surface area contributed by atoms with Gasteiger partial charge in [0.05, 0.1) is 15.6 Å². The fourth-order valence-corrected chi connectivity index (χ4v) is 5.14. The highest BCUT2D eigenvalue weighted by Crippen LogP contribution is 2.37. The normalized spacial score (nSPS) is 15.2. The summed E-state index contributed by atoms with van der Waals surface area (Å²) in [7, 11) is 1.59. The molecule has 3 aromatic carbocycles. The Balaban J connectivity index is 1.61. The molecule has 0 radical (unpaired) electrons. The first-order chi connectivity index (χ1) is 15.0. The van der Waals surface area contributed by atoms with Crippen LogP contribution in [-0.4, -0.2) is 29.7 Å². The third kappa shape index (κ3) is 4.43. The maximum atomic E-state index is 12.4. The number of methoxy groups -OCH3 is 1. The lowest BCUT2D eigenvalue weighted by atomic mass is 10.1. The standard InChI is InChI=1S/C24H20INO4S/c1-3-26-23(27)21(31-24(26)28)13-15-11-19(25)22(20(12-15)29-2)30-14-17-9-6-8-16-7-4-5-10-18(16)17/h4-13H,3,14H2,1-2H3/b21-13+. The lowest BCUT2D eigenvalue weighted by molar-refractivity contribution is -0.122. The number of rotatable bonds is 6. The molecule has 0 bridgehead atoms. The molecule has 1 fully saturated rings. The molecule has 0 atom stereocenters. The zero-order valence-electron chi connectivity index (χ0n) is 17.1. The van der Waals surface area contributed by atoms with E-state index >= 15 is 0 Å². The molecule has 1 aliphatic rings. The number of benzene rings is 3. The van der Waals surface area contributed by atoms with Crippen molar-refractivity contribution < 1.29 is 19.1 Å². The molecule has 3 aromatic rings. The smallest absolute Gasteiger partial charge is 0.293 e. The summed E-state index contributed by atoms with van der Waals surface area (Å²) < 4.78 is 12.6. The van der Waals surface area contributed by atoms with Crippen LogP contribution in [0.2, 0.25) is 0 Å². The van der Waals surface area contributed by atoms with Crippen LogP contribution >= 0.6 is 34.4 Å². The number of ether oxygens (including phenoxy) is 2. The SMILES string of the molecule is CCN1C(=O)S/C(=C/c2cc(I)c(OCc3cccc4ccccc34)c(OC)c2)C1=O. The van der Waals surface area contributed by atoms with E-state index in [0.29, 0.717) is 29.6 Å². The average molecular weight is 545 g/mol. The van der Waals surface area contributed by atoms with Crippen LogP contribution in [0.4, 0.5) is 4.79 Å². The molecule has 0 unspecified atom stereocenters. The fraction of sp³-hybridized carbons (Fsp3) is 0.167. The molecule has 7 heteroatoms. The monoisotopic (exact) mass is 545 g/mol. The number of carbonyl (C=O) groups excluding carboxylic acids is 2. The van der Waals surface area contributed by atoms with Gasteiger partial charge in [-0.05, 0) is 81.4 Å². The Labute approximate surface area is 198 Å². The van der Waals surface area contributed by atoms with Crippen molar-refractivity contribution in [2.24, 2.45) is 0 Å². The minimum Gasteiger partial charge on any atom is -0.493 e. The summed E-state index contributed by atoms with van der Waals surface area (Å²) in [5.74, 6) is 0.964. The van der Waals surface area contributed by atoms with Crippen molar-refractivity contribution in [3.8, 4) is 11.5 Å². The number of likely N-dealkylation sites (N-methyl/N-ethyl adjacent to an activating group) is 1. The number of imide groups is 1. The molecule has 1 heterocycles. The number of fused-ring (bicyclic) bond motifs is 1. The Hall–Kier alpha value is -2.52. The Bertz CT molecular complexity index is 1200. The molecule has 2 amide bonds. The van der Waals surface area contributed by atoms with Gasteiger partial charge in [-0.3, -0.25) is 14.5 Å². The van der Waals surface area contributed by atoms with E-state index in [0.717, 1.165) is 31.8 Å². The number of hydrogen-bond donors (Lipinski definition) is 0. The molecular weight excluding hydrogens is 525 g/mol. The van der Waals surface area contributed by atoms with Gasteiger partial charge in [-0.15, -0.1) is 0 Å². The van der Waals surface area contributed by atoms with Crippen LogP contribution in [-0.2, 0) is 11.4 Å². The van der Waals surface area contributed by atoms with Crippen molar-refractivity contribution in [3.63, 3.8) is 0 Å². The Kier molecular flexibility index (Phi) is 6.52. The number of halogens is 1. The average Bonchev–Trinajstić information content (AvgIpc) is 3.04. The van der Waals surface area contributed by atoms with E-state index in [2.05, 4.69) is 46.9 Å². The maximum absolute atomic E-state index is 12.4. The summed E-state index contributed by atoms with van der Waals surface area (Å²) in [4.78, 5) is 26.0. The van der Waals surface area contributed by atoms with Crippen molar-refractivity contribution >= 4 is 62.3 Å². The van der Waals surface area contributed by atoms with E-state index < -0.39 is 0 Å². The summed E-state index contributed by atoms with van der Waals surface area (Å²) >= 11 is 3.16. The van der Waals surface area contributed by atoms with Crippen LogP contribution in [0.15, 0.2) is 59.5 Å². The summed E-state index contributed by atoms with van der Waals surface area (Å²) in [6.07, 6.45) is 1.72. The van der Waals surface area contributed by atoms with Gasteiger partial charge in [-0.25, -0.2) is 0 Å². The molecule has 1 aliphatic heterocycles. The Morgan fingerprint density at radius 1 is 1.10 bits per heavy atom. The van der Waals surface area contributed by atoms with Crippen molar-refractivity contribution in [2.75, 3.05) is 13.7 Å². The van der Waals surface area contributed by atoms with Crippen LogP contribution < -0.4 is 9.47 Å². The summed E-state index contributed by atoms with van der Waals surface area (Å²) in [5, 5.41) is 2.08. The second-order valence-corrected chi connectivity index (χ2v) is 9.04. The number of nitrogens with zero attached hydrogens (tertiary/aromatic N) is 1. The van der Waals surface area contributed by atoms with E-state index in [1.165, 1.54) is 10.3 Å². The van der Waals surface area contributed by atoms with E-state index in [1.54, 1.807) is 20.1 Å². The van der Waals surface area contributed by atoms with Crippen molar-refractivity contribution in [1.82, 2.24) is 4.90 Å². The van der Waals surface area contributed by atoms with Crippen molar-refractivity contribution in [1.29, 1.82) is 0 Å². The lowest BCUT2D eigenvalue weighted by Crippen LogP contribution is -2.27. The van der Waals surface area contributed by atoms with Gasteiger partial charge in [-0.2, -0.15) is 0 Å². The number of thioether (sulfide) groups is 1. The largest absolute Gasteiger partial charge is 0.493 e. The maximum Gasteiger partial charge on any atom is 0.293 e. The summed E-state index contributed by atoms with van der Waals surface area (Å²) in [6.45, 7) is 2.56. The van der Waals surface area contributed by atoms with Crippen LogP contribution in [0.5, 0.6) is 11.5 Å². The lowest BCUT2D eigenvalue weighted by Gasteiger charge is -2.15. The third-order valence-electron chi connectivity index (χ3n) is 4.99. The van der Waals surface area contributed by atoms with Gasteiger partial charge >= 0.3 is 0 Å². The predicted molar refractivity (Wildman–Crippen MR) is 132 cm³/mol. The molecular formula is C24H20INO4S. The molecule has 4 rings (SSSR count). The minimum absolute atomic E-state index is 0.240. The van der Waals surface area contributed by atoms with Crippen LogP contribution in [0.1, 0.15) is 18.1 Å². The predicted octanol–water partition coefficient (Wildman–Crippen LogP) is 6.09. The van der Waals surface area contributed by atoms with Gasteiger partial charge in [0.15, 0.2) is 11.5 Å². The van der Waals surface area contributed by atoms with Crippen LogP contribution in [0.25, 0.3) is 16.8 Å². The second-order valence-electron chi connectivity index (χ2n) is 6.89. The van der Waals surface area contributed by atoms with Crippen molar-refractivity contribution in [3.05, 3.63) is 74.2 Å². The van der Waals surface area contributed by atoms with E-state index in [9.17, 15) is 9.59 Å². The van der Waals surface area contributed by atoms with Gasteiger partial charge in [0, 0.05) is 6.54 Å². The van der Waals surface area contributed by atoms with Crippen LogP contribution in [0.3, 0.4) is 0 Å². The molecule has 1 saturated heterocycles. The molecule has 31 heavy (non-hydrogen) atoms. The third-order valence-corrected chi connectivity index (χ3v) is 6.70. The van der Waals surface area contributed by atoms with Gasteiger partial charge in [0.2, 0.25) is 0 Å². The Morgan fingerprint density at radius 3 is 2.61 bits per heavy atom. The first kappa shape index (κ1) is 21.7. The molecule has 0 N–H and O–H groups in total. The van der Waals surface area contributed by atoms with Gasteiger partial charge in [-0.1, -0.05) is 42.5 Å². The van der Waals surface area contributed by atoms with E-state index in [-0.39, 0.29) is 11.1 Å². The molecule has 0 aliphatic carbocycles. The van der Waals surface area contributed by atoms with Crippen molar-refractivity contribution in [2.45, 2.75) is 13.5 Å². The molecule has 0 spiro atoms. The van der Waals surface area contributed by atoms with E-state index in [1.807, 2.05) is 30.3 Å². The zero-order chi connectivity index (χ0) is 22.0. The first-order valence-corrected chi connectivity index (χ1v) is 11.6.